The summed E-state index contributed by atoms with van der Waals surface area (Å²) in [6.07, 6.45) is 0.917. The highest BCUT2D eigenvalue weighted by Crippen LogP contribution is 1.98. The second-order valence-corrected chi connectivity index (χ2v) is 2.76. The van der Waals surface area contributed by atoms with E-state index in [0.29, 0.717) is 12.8 Å². The van der Waals surface area contributed by atoms with Crippen LogP contribution in [0.4, 0.5) is 0 Å². The van der Waals surface area contributed by atoms with Crippen molar-refractivity contribution in [3.05, 3.63) is 0 Å². The molecule has 0 heterocycles. The van der Waals surface area contributed by atoms with Gasteiger partial charge in [-0.3, -0.25) is 9.59 Å². The standard InChI is InChI=1S/C8H15NO4/c1-6(13-2)3-4-7(10)9-5-8(11)12/h6H,3-5H2,1-2H3,(H,9,10)(H,11,12). The predicted molar refractivity (Wildman–Crippen MR) is 46.4 cm³/mol. The fourth-order valence-electron chi connectivity index (χ4n) is 0.715. The minimum Gasteiger partial charge on any atom is -0.480 e. The molecule has 0 aromatic carbocycles. The van der Waals surface area contributed by atoms with Crippen LogP contribution >= 0.6 is 0 Å². The molecular formula is C8H15NO4. The van der Waals surface area contributed by atoms with E-state index in [2.05, 4.69) is 5.32 Å². The van der Waals surface area contributed by atoms with Gasteiger partial charge in [-0.05, 0) is 13.3 Å². The number of nitrogens with one attached hydrogen (secondary N) is 1. The Labute approximate surface area is 77.1 Å². The molecule has 2 N–H and O–H groups in total. The summed E-state index contributed by atoms with van der Waals surface area (Å²) in [5.41, 5.74) is 0. The number of rotatable bonds is 6. The largest absolute Gasteiger partial charge is 0.480 e. The summed E-state index contributed by atoms with van der Waals surface area (Å²) in [6, 6.07) is 0. The van der Waals surface area contributed by atoms with E-state index < -0.39 is 5.97 Å². The van der Waals surface area contributed by atoms with Crippen LogP contribution in [0, 0.1) is 0 Å². The fraction of sp³-hybridized carbons (Fsp3) is 0.750. The first kappa shape index (κ1) is 11.9. The molecule has 0 saturated carbocycles. The van der Waals surface area contributed by atoms with Crippen LogP contribution in [0.1, 0.15) is 19.8 Å². The lowest BCUT2D eigenvalue weighted by Crippen LogP contribution is -2.29. The van der Waals surface area contributed by atoms with Gasteiger partial charge in [0.05, 0.1) is 6.10 Å². The Morgan fingerprint density at radius 1 is 1.54 bits per heavy atom. The van der Waals surface area contributed by atoms with Crippen LogP contribution in [-0.4, -0.2) is 36.7 Å². The van der Waals surface area contributed by atoms with E-state index in [0.717, 1.165) is 0 Å². The van der Waals surface area contributed by atoms with Crippen LogP contribution in [0.15, 0.2) is 0 Å². The molecule has 0 rings (SSSR count). The number of carbonyl (C=O) groups is 2. The SMILES string of the molecule is COC(C)CCC(=O)NCC(=O)O. The number of ether oxygens (including phenoxy) is 1. The Hall–Kier alpha value is -1.10. The summed E-state index contributed by atoms with van der Waals surface area (Å²) in [5, 5.41) is 10.5. The van der Waals surface area contributed by atoms with E-state index in [1.54, 1.807) is 7.11 Å². The van der Waals surface area contributed by atoms with E-state index in [1.807, 2.05) is 6.92 Å². The van der Waals surface area contributed by atoms with Gasteiger partial charge in [-0.1, -0.05) is 0 Å². The average Bonchev–Trinajstić information content (AvgIpc) is 2.10. The number of carboxylic acid groups (broad SMARTS) is 1. The summed E-state index contributed by atoms with van der Waals surface area (Å²) in [6.45, 7) is 1.53. The molecule has 1 amide bonds. The quantitative estimate of drug-likeness (QED) is 0.616. The van der Waals surface area contributed by atoms with Gasteiger partial charge in [0.2, 0.25) is 5.91 Å². The van der Waals surface area contributed by atoms with Gasteiger partial charge in [0.1, 0.15) is 6.54 Å². The number of hydrogen-bond donors (Lipinski definition) is 2. The second-order valence-electron chi connectivity index (χ2n) is 2.76. The molecule has 0 aliphatic rings. The Bertz CT molecular complexity index is 181. The van der Waals surface area contributed by atoms with Gasteiger partial charge in [0, 0.05) is 13.5 Å². The monoisotopic (exact) mass is 189 g/mol. The molecule has 0 aromatic rings. The van der Waals surface area contributed by atoms with Gasteiger partial charge in [-0.15, -0.1) is 0 Å². The zero-order valence-corrected chi connectivity index (χ0v) is 7.87. The van der Waals surface area contributed by atoms with E-state index in [4.69, 9.17) is 9.84 Å². The number of hydrogen-bond acceptors (Lipinski definition) is 3. The van der Waals surface area contributed by atoms with Crippen molar-refractivity contribution in [2.75, 3.05) is 13.7 Å². The summed E-state index contributed by atoms with van der Waals surface area (Å²) in [4.78, 5) is 21.0. The van der Waals surface area contributed by atoms with E-state index in [-0.39, 0.29) is 18.6 Å². The maximum atomic E-state index is 10.9. The summed E-state index contributed by atoms with van der Waals surface area (Å²) < 4.78 is 4.93. The number of aliphatic carboxylic acids is 1. The molecule has 1 unspecified atom stereocenters. The zero-order chi connectivity index (χ0) is 10.3. The van der Waals surface area contributed by atoms with Gasteiger partial charge in [0.25, 0.3) is 0 Å². The smallest absolute Gasteiger partial charge is 0.322 e. The van der Waals surface area contributed by atoms with Crippen LogP contribution in [0.2, 0.25) is 0 Å². The van der Waals surface area contributed by atoms with Crippen molar-refractivity contribution < 1.29 is 19.4 Å². The van der Waals surface area contributed by atoms with Gasteiger partial charge < -0.3 is 15.2 Å². The molecular weight excluding hydrogens is 174 g/mol. The first-order valence-electron chi connectivity index (χ1n) is 4.07. The Morgan fingerprint density at radius 3 is 2.62 bits per heavy atom. The first-order valence-corrected chi connectivity index (χ1v) is 4.07. The van der Waals surface area contributed by atoms with Gasteiger partial charge in [-0.25, -0.2) is 0 Å². The maximum absolute atomic E-state index is 10.9. The molecule has 1 atom stereocenters. The summed E-state index contributed by atoms with van der Waals surface area (Å²) >= 11 is 0. The van der Waals surface area contributed by atoms with Crippen LogP contribution in [-0.2, 0) is 14.3 Å². The minimum absolute atomic E-state index is 0.0237. The molecule has 76 valence electrons. The second kappa shape index (κ2) is 6.42. The third-order valence-corrected chi connectivity index (χ3v) is 1.62. The van der Waals surface area contributed by atoms with Crippen molar-refractivity contribution in [1.82, 2.24) is 5.32 Å². The molecule has 5 nitrogen and oxygen atoms in total. The maximum Gasteiger partial charge on any atom is 0.322 e. The highest BCUT2D eigenvalue weighted by molar-refractivity contribution is 5.80. The fourth-order valence-corrected chi connectivity index (χ4v) is 0.715. The first-order chi connectivity index (χ1) is 6.06. The molecule has 0 radical (unpaired) electrons. The lowest BCUT2D eigenvalue weighted by Gasteiger charge is -2.08. The molecule has 0 fully saturated rings. The number of methoxy groups -OCH3 is 1. The summed E-state index contributed by atoms with van der Waals surface area (Å²) in [7, 11) is 1.57. The van der Waals surface area contributed by atoms with E-state index in [1.165, 1.54) is 0 Å². The Kier molecular flexibility index (Phi) is 5.88. The normalized spacial score (nSPS) is 12.2. The van der Waals surface area contributed by atoms with Crippen molar-refractivity contribution in [3.63, 3.8) is 0 Å². The molecule has 0 bridgehead atoms. The molecule has 5 heteroatoms. The molecule has 0 aliphatic heterocycles. The molecule has 0 saturated heterocycles. The van der Waals surface area contributed by atoms with Gasteiger partial charge in [-0.2, -0.15) is 0 Å². The highest BCUT2D eigenvalue weighted by atomic mass is 16.5. The lowest BCUT2D eigenvalue weighted by atomic mass is 10.2. The van der Waals surface area contributed by atoms with Gasteiger partial charge >= 0.3 is 5.97 Å². The third-order valence-electron chi connectivity index (χ3n) is 1.62. The van der Waals surface area contributed by atoms with Crippen molar-refractivity contribution in [1.29, 1.82) is 0 Å². The molecule has 13 heavy (non-hydrogen) atoms. The topological polar surface area (TPSA) is 75.6 Å². The molecule has 0 aliphatic carbocycles. The average molecular weight is 189 g/mol. The summed E-state index contributed by atoms with van der Waals surface area (Å²) in [5.74, 6) is -1.29. The van der Waals surface area contributed by atoms with Crippen molar-refractivity contribution in [2.45, 2.75) is 25.9 Å². The predicted octanol–water partition coefficient (Wildman–Crippen LogP) is 0.00230. The Morgan fingerprint density at radius 2 is 2.15 bits per heavy atom. The number of amides is 1. The van der Waals surface area contributed by atoms with E-state index >= 15 is 0 Å². The minimum atomic E-state index is -1.03. The third kappa shape index (κ3) is 7.27. The van der Waals surface area contributed by atoms with Crippen molar-refractivity contribution in [3.8, 4) is 0 Å². The lowest BCUT2D eigenvalue weighted by molar-refractivity contribution is -0.138. The van der Waals surface area contributed by atoms with Crippen LogP contribution in [0.5, 0.6) is 0 Å². The highest BCUT2D eigenvalue weighted by Gasteiger charge is 2.06. The van der Waals surface area contributed by atoms with Crippen LogP contribution < -0.4 is 5.32 Å². The van der Waals surface area contributed by atoms with Gasteiger partial charge in [0.15, 0.2) is 0 Å². The van der Waals surface area contributed by atoms with E-state index in [9.17, 15) is 9.59 Å². The Balaban J connectivity index is 3.46. The van der Waals surface area contributed by atoms with Crippen molar-refractivity contribution >= 4 is 11.9 Å². The van der Waals surface area contributed by atoms with Crippen molar-refractivity contribution in [2.24, 2.45) is 0 Å². The molecule has 0 spiro atoms. The zero-order valence-electron chi connectivity index (χ0n) is 7.87. The van der Waals surface area contributed by atoms with Crippen LogP contribution in [0.25, 0.3) is 0 Å². The van der Waals surface area contributed by atoms with Crippen LogP contribution in [0.3, 0.4) is 0 Å². The molecule has 0 aromatic heterocycles. The number of carboxylic acids is 1. The number of carbonyl (C=O) groups excluding carboxylic acids is 1.